The maximum atomic E-state index is 13.0. The van der Waals surface area contributed by atoms with E-state index in [-0.39, 0.29) is 24.8 Å². The van der Waals surface area contributed by atoms with Crippen molar-refractivity contribution in [2.75, 3.05) is 13.1 Å². The number of fused-ring (bicyclic) bond motifs is 1. The maximum absolute atomic E-state index is 13.0. The molecule has 2 amide bonds. The molecule has 2 aromatic carbocycles. The van der Waals surface area contributed by atoms with Gasteiger partial charge < -0.3 is 15.4 Å². The molecule has 1 fully saturated rings. The summed E-state index contributed by atoms with van der Waals surface area (Å²) in [5.74, 6) is -1.34. The van der Waals surface area contributed by atoms with Crippen molar-refractivity contribution < 1.29 is 19.1 Å². The molecule has 2 aliphatic rings. The van der Waals surface area contributed by atoms with E-state index in [0.29, 0.717) is 17.7 Å². The van der Waals surface area contributed by atoms with Crippen LogP contribution in [0.5, 0.6) is 0 Å². The molecule has 0 radical (unpaired) electrons. The van der Waals surface area contributed by atoms with Gasteiger partial charge in [-0.3, -0.25) is 9.59 Å². The van der Waals surface area contributed by atoms with E-state index in [2.05, 4.69) is 0 Å². The molecule has 0 unspecified atom stereocenters. The SMILES string of the molecule is NC(=O)C[C@H]1CN(C(=O)c2ccc3c(c2)CCC3)C[C@H]1OC(=O)c1ccccc1. The van der Waals surface area contributed by atoms with Gasteiger partial charge in [0.15, 0.2) is 0 Å². The number of amides is 2. The largest absolute Gasteiger partial charge is 0.457 e. The van der Waals surface area contributed by atoms with Gasteiger partial charge in [-0.2, -0.15) is 0 Å². The molecule has 4 rings (SSSR count). The third-order valence-corrected chi connectivity index (χ3v) is 5.74. The zero-order chi connectivity index (χ0) is 20.4. The van der Waals surface area contributed by atoms with Crippen LogP contribution in [0.15, 0.2) is 48.5 Å². The van der Waals surface area contributed by atoms with Crippen molar-refractivity contribution in [2.45, 2.75) is 31.8 Å². The number of aryl methyl sites for hydroxylation is 2. The number of rotatable bonds is 5. The summed E-state index contributed by atoms with van der Waals surface area (Å²) in [6.07, 6.45) is 2.69. The Hall–Kier alpha value is -3.15. The highest BCUT2D eigenvalue weighted by atomic mass is 16.5. The van der Waals surface area contributed by atoms with E-state index in [9.17, 15) is 14.4 Å². The smallest absolute Gasteiger partial charge is 0.338 e. The first-order valence-corrected chi connectivity index (χ1v) is 9.96. The second-order valence-electron chi connectivity index (χ2n) is 7.79. The second kappa shape index (κ2) is 8.07. The minimum absolute atomic E-state index is 0.0701. The number of carbonyl (C=O) groups excluding carboxylic acids is 3. The number of likely N-dealkylation sites (tertiary alicyclic amines) is 1. The van der Waals surface area contributed by atoms with Gasteiger partial charge in [-0.25, -0.2) is 4.79 Å². The Kier molecular flexibility index (Phi) is 5.34. The summed E-state index contributed by atoms with van der Waals surface area (Å²) >= 11 is 0. The molecule has 1 aliphatic heterocycles. The summed E-state index contributed by atoms with van der Waals surface area (Å²) in [6, 6.07) is 14.5. The zero-order valence-corrected chi connectivity index (χ0v) is 16.2. The van der Waals surface area contributed by atoms with Gasteiger partial charge in [0.05, 0.1) is 12.1 Å². The molecule has 150 valence electrons. The molecule has 0 saturated carbocycles. The highest BCUT2D eigenvalue weighted by Crippen LogP contribution is 2.28. The van der Waals surface area contributed by atoms with Crippen molar-refractivity contribution >= 4 is 17.8 Å². The summed E-state index contributed by atoms with van der Waals surface area (Å²) in [5.41, 5.74) is 9.01. The fraction of sp³-hybridized carbons (Fsp3) is 0.348. The Balaban J connectivity index is 1.49. The first-order valence-electron chi connectivity index (χ1n) is 9.96. The molecule has 1 saturated heterocycles. The van der Waals surface area contributed by atoms with Gasteiger partial charge in [-0.05, 0) is 54.7 Å². The van der Waals surface area contributed by atoms with Crippen molar-refractivity contribution in [1.82, 2.24) is 4.90 Å². The highest BCUT2D eigenvalue weighted by molar-refractivity contribution is 5.95. The molecule has 0 bridgehead atoms. The molecular formula is C23H24N2O4. The Bertz CT molecular complexity index is 941. The molecule has 0 spiro atoms. The lowest BCUT2D eigenvalue weighted by Crippen LogP contribution is -2.31. The minimum Gasteiger partial charge on any atom is -0.457 e. The third-order valence-electron chi connectivity index (χ3n) is 5.74. The summed E-state index contributed by atoms with van der Waals surface area (Å²) in [4.78, 5) is 38.7. The lowest BCUT2D eigenvalue weighted by Gasteiger charge is -2.18. The summed E-state index contributed by atoms with van der Waals surface area (Å²) in [5, 5.41) is 0. The number of nitrogens with two attached hydrogens (primary N) is 1. The number of nitrogens with zero attached hydrogens (tertiary/aromatic N) is 1. The normalized spacial score (nSPS) is 20.3. The van der Waals surface area contributed by atoms with E-state index in [4.69, 9.17) is 10.5 Å². The Morgan fingerprint density at radius 3 is 2.48 bits per heavy atom. The lowest BCUT2D eigenvalue weighted by molar-refractivity contribution is -0.119. The quantitative estimate of drug-likeness (QED) is 0.791. The van der Waals surface area contributed by atoms with Crippen LogP contribution in [-0.4, -0.2) is 41.9 Å². The average Bonchev–Trinajstić information content (AvgIpc) is 3.34. The molecule has 2 aromatic rings. The van der Waals surface area contributed by atoms with Gasteiger partial charge in [-0.1, -0.05) is 24.3 Å². The number of hydrogen-bond acceptors (Lipinski definition) is 4. The Morgan fingerprint density at radius 2 is 1.72 bits per heavy atom. The van der Waals surface area contributed by atoms with Crippen molar-refractivity contribution in [3.05, 3.63) is 70.8 Å². The van der Waals surface area contributed by atoms with Crippen molar-refractivity contribution in [3.8, 4) is 0 Å². The van der Waals surface area contributed by atoms with Gasteiger partial charge in [0, 0.05) is 24.4 Å². The zero-order valence-electron chi connectivity index (χ0n) is 16.2. The Morgan fingerprint density at radius 1 is 0.966 bits per heavy atom. The van der Waals surface area contributed by atoms with Crippen LogP contribution in [0, 0.1) is 5.92 Å². The van der Waals surface area contributed by atoms with Crippen molar-refractivity contribution in [3.63, 3.8) is 0 Å². The van der Waals surface area contributed by atoms with E-state index in [0.717, 1.165) is 19.3 Å². The molecule has 29 heavy (non-hydrogen) atoms. The average molecular weight is 392 g/mol. The van der Waals surface area contributed by atoms with Crippen LogP contribution in [-0.2, 0) is 22.4 Å². The van der Waals surface area contributed by atoms with Crippen LogP contribution in [0.25, 0.3) is 0 Å². The topological polar surface area (TPSA) is 89.7 Å². The molecular weight excluding hydrogens is 368 g/mol. The monoisotopic (exact) mass is 392 g/mol. The number of benzene rings is 2. The van der Waals surface area contributed by atoms with Gasteiger partial charge in [0.1, 0.15) is 6.10 Å². The van der Waals surface area contributed by atoms with Crippen LogP contribution >= 0.6 is 0 Å². The molecule has 2 atom stereocenters. The molecule has 0 aromatic heterocycles. The fourth-order valence-electron chi connectivity index (χ4n) is 4.26. The summed E-state index contributed by atoms with van der Waals surface area (Å²) in [6.45, 7) is 0.595. The van der Waals surface area contributed by atoms with Gasteiger partial charge in [-0.15, -0.1) is 0 Å². The number of hydrogen-bond donors (Lipinski definition) is 1. The first kappa shape index (κ1) is 19.2. The predicted molar refractivity (Wildman–Crippen MR) is 107 cm³/mol. The lowest BCUT2D eigenvalue weighted by atomic mass is 10.0. The standard InChI is InChI=1S/C23H24N2O4/c24-21(26)12-19-13-25(14-20(19)29-23(28)16-5-2-1-3-6-16)22(27)18-10-9-15-7-4-8-17(15)11-18/h1-3,5-6,9-11,19-20H,4,7-8,12-14H2,(H2,24,26)/t19-,20+/m0/s1. The second-order valence-corrected chi connectivity index (χ2v) is 7.79. The predicted octanol–water partition coefficient (Wildman–Crippen LogP) is 2.35. The highest BCUT2D eigenvalue weighted by Gasteiger charge is 2.39. The van der Waals surface area contributed by atoms with Crippen molar-refractivity contribution in [1.29, 1.82) is 0 Å². The van der Waals surface area contributed by atoms with E-state index in [1.165, 1.54) is 11.1 Å². The molecule has 1 heterocycles. The fourth-order valence-corrected chi connectivity index (χ4v) is 4.26. The van der Waals surface area contributed by atoms with Crippen LogP contribution in [0.4, 0.5) is 0 Å². The number of primary amides is 1. The molecule has 6 heteroatoms. The van der Waals surface area contributed by atoms with Gasteiger partial charge in [0.25, 0.3) is 5.91 Å². The van der Waals surface area contributed by atoms with Crippen LogP contribution < -0.4 is 5.73 Å². The molecule has 1 aliphatic carbocycles. The number of carbonyl (C=O) groups is 3. The Labute approximate surface area is 169 Å². The summed E-state index contributed by atoms with van der Waals surface area (Å²) < 4.78 is 5.66. The minimum atomic E-state index is -0.561. The van der Waals surface area contributed by atoms with Gasteiger partial charge >= 0.3 is 5.97 Å². The molecule has 2 N–H and O–H groups in total. The van der Waals surface area contributed by atoms with E-state index in [1.54, 1.807) is 29.2 Å². The van der Waals surface area contributed by atoms with Crippen LogP contribution in [0.1, 0.15) is 44.7 Å². The van der Waals surface area contributed by atoms with E-state index >= 15 is 0 Å². The van der Waals surface area contributed by atoms with Gasteiger partial charge in [0.2, 0.25) is 5.91 Å². The number of ether oxygens (including phenoxy) is 1. The third kappa shape index (κ3) is 4.16. The number of esters is 1. The molecule has 6 nitrogen and oxygen atoms in total. The van der Waals surface area contributed by atoms with E-state index < -0.39 is 18.0 Å². The first-order chi connectivity index (χ1) is 14.0. The maximum Gasteiger partial charge on any atom is 0.338 e. The van der Waals surface area contributed by atoms with Crippen LogP contribution in [0.3, 0.4) is 0 Å². The summed E-state index contributed by atoms with van der Waals surface area (Å²) in [7, 11) is 0. The van der Waals surface area contributed by atoms with E-state index in [1.807, 2.05) is 24.3 Å². The van der Waals surface area contributed by atoms with Crippen LogP contribution in [0.2, 0.25) is 0 Å². The van der Waals surface area contributed by atoms with Crippen molar-refractivity contribution in [2.24, 2.45) is 11.7 Å².